The molecule has 8 atom stereocenters. The van der Waals surface area contributed by atoms with Crippen LogP contribution in [0.15, 0.2) is 33.5 Å². The molecule has 212 valence electrons. The van der Waals surface area contributed by atoms with Gasteiger partial charge in [-0.25, -0.2) is 4.98 Å². The second-order valence-electron chi connectivity index (χ2n) is 14.3. The van der Waals surface area contributed by atoms with Crippen molar-refractivity contribution in [2.24, 2.45) is 28.6 Å². The van der Waals surface area contributed by atoms with Gasteiger partial charge in [-0.1, -0.05) is 58.0 Å². The lowest BCUT2D eigenvalue weighted by Gasteiger charge is -2.60. The van der Waals surface area contributed by atoms with Gasteiger partial charge in [0.15, 0.2) is 27.3 Å². The molecule has 4 fully saturated rings. The van der Waals surface area contributed by atoms with Gasteiger partial charge >= 0.3 is 0 Å². The molecule has 1 N–H and O–H groups in total. The average Bonchev–Trinajstić information content (AvgIpc) is 3.48. The Kier molecular flexibility index (Phi) is 6.31. The highest BCUT2D eigenvalue weighted by molar-refractivity contribution is 8.01. The van der Waals surface area contributed by atoms with E-state index in [-0.39, 0.29) is 52.0 Å². The van der Waals surface area contributed by atoms with E-state index in [0.717, 1.165) is 34.9 Å². The average molecular weight is 572 g/mol. The SMILES string of the molecule is CC1(C)O[C@@H]2CC3C4CCC5=CC(=O)C=CC5(C)C4[C@@H](O)CC3(C)[C@]2(C(=O)CSc2nc(C(C)(C)C)cs2)O1. The first-order valence-electron chi connectivity index (χ1n) is 14.2. The lowest BCUT2D eigenvalue weighted by atomic mass is 9.46. The number of carbonyl (C=O) groups excluding carboxylic acids is 2. The van der Waals surface area contributed by atoms with E-state index in [2.05, 4.69) is 40.0 Å². The van der Waals surface area contributed by atoms with Crippen LogP contribution in [0, 0.1) is 28.6 Å². The number of Topliss-reactive ketones (excluding diaryl/α,β-unsaturated/α-hetero) is 1. The van der Waals surface area contributed by atoms with Crippen LogP contribution in [0.3, 0.4) is 0 Å². The summed E-state index contributed by atoms with van der Waals surface area (Å²) < 4.78 is 14.1. The van der Waals surface area contributed by atoms with Crippen LogP contribution >= 0.6 is 23.1 Å². The molecule has 0 aromatic carbocycles. The molecule has 6 rings (SSSR count). The van der Waals surface area contributed by atoms with Crippen LogP contribution < -0.4 is 0 Å². The van der Waals surface area contributed by atoms with Gasteiger partial charge in [0, 0.05) is 27.5 Å². The van der Waals surface area contributed by atoms with Crippen molar-refractivity contribution in [3.8, 4) is 0 Å². The molecule has 1 aromatic rings. The zero-order valence-electron chi connectivity index (χ0n) is 24.1. The van der Waals surface area contributed by atoms with Gasteiger partial charge in [0.2, 0.25) is 0 Å². The Bertz CT molecular complexity index is 1280. The standard InChI is InChI=1S/C31H41NO5S2/c1-27(2,3)22-15-38-26(32-22)39-16-23(35)31-24(36-28(4,5)37-31)13-20-19-9-8-17-12-18(33)10-11-29(17,6)25(19)21(34)14-30(20,31)7/h10-12,15,19-21,24-25,34H,8-9,13-14,16H2,1-7H3/t19?,20?,21-,24+,25?,29?,30?,31+/m0/s1. The number of rotatable bonds is 4. The highest BCUT2D eigenvalue weighted by Gasteiger charge is 2.76. The van der Waals surface area contributed by atoms with E-state index < -0.39 is 22.9 Å². The second kappa shape index (κ2) is 8.84. The third kappa shape index (κ3) is 4.03. The summed E-state index contributed by atoms with van der Waals surface area (Å²) in [6.45, 7) is 14.6. The van der Waals surface area contributed by atoms with Crippen LogP contribution in [0.1, 0.15) is 79.8 Å². The zero-order valence-corrected chi connectivity index (χ0v) is 25.7. The summed E-state index contributed by atoms with van der Waals surface area (Å²) in [5, 5.41) is 13.9. The number of hydrogen-bond acceptors (Lipinski definition) is 8. The number of nitrogens with zero attached hydrogens (tertiary/aromatic N) is 1. The normalized spacial score (nSPS) is 42.4. The van der Waals surface area contributed by atoms with Gasteiger partial charge in [0.1, 0.15) is 0 Å². The van der Waals surface area contributed by atoms with Crippen molar-refractivity contribution >= 4 is 34.7 Å². The number of carbonyl (C=O) groups is 2. The van der Waals surface area contributed by atoms with E-state index in [1.165, 1.54) is 11.8 Å². The second-order valence-corrected chi connectivity index (χ2v) is 16.3. The monoisotopic (exact) mass is 571 g/mol. The van der Waals surface area contributed by atoms with Crippen LogP contribution in [-0.4, -0.2) is 51.0 Å². The Balaban J connectivity index is 1.32. The maximum atomic E-state index is 14.4. The first-order valence-corrected chi connectivity index (χ1v) is 16.1. The van der Waals surface area contributed by atoms with Gasteiger partial charge in [0.25, 0.3) is 0 Å². The van der Waals surface area contributed by atoms with Crippen molar-refractivity contribution in [3.05, 3.63) is 34.9 Å². The summed E-state index contributed by atoms with van der Waals surface area (Å²) in [6.07, 6.45) is 7.45. The number of fused-ring (bicyclic) bond motifs is 7. The number of ketones is 2. The zero-order chi connectivity index (χ0) is 28.2. The Hall–Kier alpha value is -1.32. The Labute approximate surface area is 240 Å². The molecule has 4 aliphatic carbocycles. The van der Waals surface area contributed by atoms with E-state index in [0.29, 0.717) is 6.42 Å². The van der Waals surface area contributed by atoms with Crippen LogP contribution in [0.4, 0.5) is 0 Å². The number of thioether (sulfide) groups is 1. The quantitative estimate of drug-likeness (QED) is 0.452. The number of aromatic nitrogens is 1. The van der Waals surface area contributed by atoms with Gasteiger partial charge in [0.05, 0.1) is 23.7 Å². The topological polar surface area (TPSA) is 85.7 Å². The molecule has 0 radical (unpaired) electrons. The van der Waals surface area contributed by atoms with Crippen molar-refractivity contribution in [1.29, 1.82) is 0 Å². The summed E-state index contributed by atoms with van der Waals surface area (Å²) >= 11 is 3.07. The van der Waals surface area contributed by atoms with Gasteiger partial charge in [-0.15, -0.1) is 11.3 Å². The van der Waals surface area contributed by atoms with Crippen molar-refractivity contribution < 1.29 is 24.2 Å². The number of aliphatic hydroxyl groups excluding tert-OH is 1. The van der Waals surface area contributed by atoms with Crippen LogP contribution in [-0.2, 0) is 24.5 Å². The summed E-state index contributed by atoms with van der Waals surface area (Å²) in [4.78, 5) is 31.3. The van der Waals surface area contributed by atoms with E-state index in [1.807, 2.05) is 19.9 Å². The molecular formula is C31H41NO5S2. The fraction of sp³-hybridized carbons (Fsp3) is 0.710. The lowest BCUT2D eigenvalue weighted by Crippen LogP contribution is -2.63. The van der Waals surface area contributed by atoms with Crippen molar-refractivity contribution in [2.45, 2.75) is 108 Å². The molecule has 5 aliphatic rings. The minimum atomic E-state index is -1.11. The maximum absolute atomic E-state index is 14.4. The summed E-state index contributed by atoms with van der Waals surface area (Å²) in [5.41, 5.74) is 0.106. The third-order valence-electron chi connectivity index (χ3n) is 10.5. The molecule has 0 spiro atoms. The minimum Gasteiger partial charge on any atom is -0.393 e. The number of allylic oxidation sites excluding steroid dienone is 4. The molecule has 2 heterocycles. The predicted molar refractivity (Wildman–Crippen MR) is 153 cm³/mol. The molecule has 1 saturated heterocycles. The minimum absolute atomic E-state index is 0.000531. The maximum Gasteiger partial charge on any atom is 0.178 e. The molecule has 1 aliphatic heterocycles. The Morgan fingerprint density at radius 3 is 2.69 bits per heavy atom. The molecule has 3 saturated carbocycles. The van der Waals surface area contributed by atoms with Gasteiger partial charge in [-0.2, -0.15) is 0 Å². The molecule has 1 aromatic heterocycles. The molecule has 0 bridgehead atoms. The number of thiazole rings is 1. The van der Waals surface area contributed by atoms with Crippen LogP contribution in [0.2, 0.25) is 0 Å². The van der Waals surface area contributed by atoms with E-state index >= 15 is 0 Å². The Morgan fingerprint density at radius 2 is 2.00 bits per heavy atom. The largest absolute Gasteiger partial charge is 0.393 e. The number of aliphatic hydroxyl groups is 1. The van der Waals surface area contributed by atoms with E-state index in [1.54, 1.807) is 23.5 Å². The van der Waals surface area contributed by atoms with Crippen molar-refractivity contribution in [3.63, 3.8) is 0 Å². The van der Waals surface area contributed by atoms with Gasteiger partial charge in [-0.3, -0.25) is 9.59 Å². The molecule has 5 unspecified atom stereocenters. The smallest absolute Gasteiger partial charge is 0.178 e. The summed E-state index contributed by atoms with van der Waals surface area (Å²) in [6, 6.07) is 0. The molecule has 6 nitrogen and oxygen atoms in total. The van der Waals surface area contributed by atoms with Crippen molar-refractivity contribution in [1.82, 2.24) is 4.98 Å². The summed E-state index contributed by atoms with van der Waals surface area (Å²) in [7, 11) is 0. The van der Waals surface area contributed by atoms with E-state index in [4.69, 9.17) is 14.5 Å². The highest BCUT2D eigenvalue weighted by atomic mass is 32.2. The molecule has 39 heavy (non-hydrogen) atoms. The van der Waals surface area contributed by atoms with Crippen LogP contribution in [0.25, 0.3) is 0 Å². The molecular weight excluding hydrogens is 530 g/mol. The summed E-state index contributed by atoms with van der Waals surface area (Å²) in [5.74, 6) is -0.149. The fourth-order valence-corrected chi connectivity index (χ4v) is 10.8. The van der Waals surface area contributed by atoms with Gasteiger partial charge in [-0.05, 0) is 63.5 Å². The van der Waals surface area contributed by atoms with Gasteiger partial charge < -0.3 is 14.6 Å². The first kappa shape index (κ1) is 27.8. The van der Waals surface area contributed by atoms with Crippen LogP contribution in [0.5, 0.6) is 0 Å². The predicted octanol–water partition coefficient (Wildman–Crippen LogP) is 5.88. The van der Waals surface area contributed by atoms with Crippen molar-refractivity contribution in [2.75, 3.05) is 5.75 Å². The molecule has 0 amide bonds. The lowest BCUT2D eigenvalue weighted by molar-refractivity contribution is -0.223. The fourth-order valence-electron chi connectivity index (χ4n) is 8.82. The molecule has 8 heteroatoms. The highest BCUT2D eigenvalue weighted by Crippen LogP contribution is 2.70. The number of ether oxygens (including phenoxy) is 2. The third-order valence-corrected chi connectivity index (χ3v) is 12.5. The van der Waals surface area contributed by atoms with E-state index in [9.17, 15) is 14.7 Å². The first-order chi connectivity index (χ1) is 18.1. The number of hydrogen-bond donors (Lipinski definition) is 1. The Morgan fingerprint density at radius 1 is 1.26 bits per heavy atom.